The van der Waals surface area contributed by atoms with E-state index in [-0.39, 0.29) is 37.4 Å². The second kappa shape index (κ2) is 9.51. The Hall–Kier alpha value is -2.94. The quantitative estimate of drug-likeness (QED) is 0.683. The average molecular weight is 402 g/mol. The van der Waals surface area contributed by atoms with Crippen LogP contribution in [0, 0.1) is 0 Å². The van der Waals surface area contributed by atoms with Crippen molar-refractivity contribution in [1.82, 2.24) is 20.4 Å². The molecule has 1 aromatic rings. The highest BCUT2D eigenvalue weighted by Gasteiger charge is 2.38. The summed E-state index contributed by atoms with van der Waals surface area (Å²) in [7, 11) is 1.43. The number of piperazine rings is 1. The van der Waals surface area contributed by atoms with Gasteiger partial charge >= 0.3 is 0 Å². The number of carbonyl (C=O) groups excluding carboxylic acids is 4. The number of carbonyl (C=O) groups is 4. The smallest absolute Gasteiger partial charge is 0.254 e. The molecule has 2 atom stereocenters. The Balaban J connectivity index is 1.78. The summed E-state index contributed by atoms with van der Waals surface area (Å²) in [4.78, 5) is 53.3. The van der Waals surface area contributed by atoms with E-state index in [1.807, 2.05) is 6.07 Å². The minimum atomic E-state index is -0.882. The Morgan fingerprint density at radius 2 is 1.97 bits per heavy atom. The molecule has 2 aliphatic rings. The minimum absolute atomic E-state index is 0.0565. The molecule has 0 aromatic heterocycles. The molecular formula is C20H26N4O5. The number of hydrogen-bond donors (Lipinski definition) is 2. The molecule has 0 saturated carbocycles. The fourth-order valence-electron chi connectivity index (χ4n) is 3.62. The Labute approximate surface area is 169 Å². The van der Waals surface area contributed by atoms with Gasteiger partial charge < -0.3 is 25.2 Å². The van der Waals surface area contributed by atoms with Crippen LogP contribution in [0.2, 0.25) is 0 Å². The van der Waals surface area contributed by atoms with Gasteiger partial charge in [-0.2, -0.15) is 0 Å². The van der Waals surface area contributed by atoms with E-state index < -0.39 is 18.0 Å². The van der Waals surface area contributed by atoms with Gasteiger partial charge in [0.05, 0.1) is 6.54 Å². The normalized spacial score (nSPS) is 22.0. The van der Waals surface area contributed by atoms with Crippen LogP contribution in [0.5, 0.6) is 0 Å². The second-order valence-electron chi connectivity index (χ2n) is 7.15. The molecule has 0 spiro atoms. The van der Waals surface area contributed by atoms with Gasteiger partial charge in [-0.05, 0) is 25.0 Å². The van der Waals surface area contributed by atoms with E-state index in [2.05, 4.69) is 10.6 Å². The molecule has 1 aromatic carbocycles. The fourth-order valence-corrected chi connectivity index (χ4v) is 3.62. The first-order valence-corrected chi connectivity index (χ1v) is 9.72. The standard InChI is InChI=1S/C20H26N4O5/c1-29-13-17(25)23-10-11-24(20(28)14-6-3-2-4-7-14)16(12-23)19(27)22-15-8-5-9-21-18(15)26/h2-4,6-7,15-16H,5,8-13H2,1H3,(H,21,26)(H,22,27). The predicted octanol–water partition coefficient (Wildman–Crippen LogP) is -0.619. The summed E-state index contributed by atoms with van der Waals surface area (Å²) in [5.74, 6) is -1.19. The maximum Gasteiger partial charge on any atom is 0.254 e. The molecule has 0 bridgehead atoms. The Bertz CT molecular complexity index is 769. The van der Waals surface area contributed by atoms with E-state index in [1.165, 1.54) is 16.9 Å². The van der Waals surface area contributed by atoms with Gasteiger partial charge in [-0.1, -0.05) is 18.2 Å². The van der Waals surface area contributed by atoms with Crippen LogP contribution >= 0.6 is 0 Å². The van der Waals surface area contributed by atoms with E-state index in [0.29, 0.717) is 25.1 Å². The maximum atomic E-state index is 13.0. The fraction of sp³-hybridized carbons (Fsp3) is 0.500. The molecule has 2 heterocycles. The summed E-state index contributed by atoms with van der Waals surface area (Å²) in [5, 5.41) is 5.48. The molecule has 4 amide bonds. The number of rotatable bonds is 5. The van der Waals surface area contributed by atoms with Crippen LogP contribution < -0.4 is 10.6 Å². The molecule has 29 heavy (non-hydrogen) atoms. The summed E-state index contributed by atoms with van der Waals surface area (Å²) in [6.45, 7) is 1.09. The summed E-state index contributed by atoms with van der Waals surface area (Å²) < 4.78 is 4.91. The highest BCUT2D eigenvalue weighted by molar-refractivity contribution is 5.99. The number of nitrogens with one attached hydrogen (secondary N) is 2. The summed E-state index contributed by atoms with van der Waals surface area (Å²) >= 11 is 0. The van der Waals surface area contributed by atoms with Crippen molar-refractivity contribution >= 4 is 23.6 Å². The first kappa shape index (κ1) is 20.8. The molecule has 9 nitrogen and oxygen atoms in total. The van der Waals surface area contributed by atoms with E-state index >= 15 is 0 Å². The van der Waals surface area contributed by atoms with Gasteiger partial charge in [0.2, 0.25) is 17.7 Å². The van der Waals surface area contributed by atoms with Crippen molar-refractivity contribution in [2.75, 3.05) is 39.9 Å². The van der Waals surface area contributed by atoms with Gasteiger partial charge in [-0.15, -0.1) is 0 Å². The van der Waals surface area contributed by atoms with Crippen LogP contribution in [0.15, 0.2) is 30.3 Å². The maximum absolute atomic E-state index is 13.0. The van der Waals surface area contributed by atoms with Crippen LogP contribution in [0.4, 0.5) is 0 Å². The number of amides is 4. The first-order chi connectivity index (χ1) is 14.0. The van der Waals surface area contributed by atoms with Gasteiger partial charge in [-0.25, -0.2) is 0 Å². The Kier molecular flexibility index (Phi) is 6.82. The molecule has 2 fully saturated rings. The number of ether oxygens (including phenoxy) is 1. The van der Waals surface area contributed by atoms with Gasteiger partial charge in [0, 0.05) is 32.3 Å². The van der Waals surface area contributed by atoms with Crippen LogP contribution in [-0.2, 0) is 19.1 Å². The van der Waals surface area contributed by atoms with E-state index in [0.717, 1.165) is 6.42 Å². The highest BCUT2D eigenvalue weighted by atomic mass is 16.5. The zero-order chi connectivity index (χ0) is 20.8. The van der Waals surface area contributed by atoms with Gasteiger partial charge in [0.1, 0.15) is 18.7 Å². The van der Waals surface area contributed by atoms with Crippen LogP contribution in [-0.4, -0.2) is 85.4 Å². The summed E-state index contributed by atoms with van der Waals surface area (Å²) in [6.07, 6.45) is 1.32. The molecule has 156 valence electrons. The van der Waals surface area contributed by atoms with E-state index in [9.17, 15) is 19.2 Å². The molecule has 2 aliphatic heterocycles. The van der Waals surface area contributed by atoms with Crippen LogP contribution in [0.25, 0.3) is 0 Å². The number of piperidine rings is 1. The zero-order valence-electron chi connectivity index (χ0n) is 16.4. The predicted molar refractivity (Wildman–Crippen MR) is 104 cm³/mol. The lowest BCUT2D eigenvalue weighted by atomic mass is 10.0. The molecule has 3 rings (SSSR count). The molecule has 0 radical (unpaired) electrons. The van der Waals surface area contributed by atoms with Gasteiger partial charge in [-0.3, -0.25) is 19.2 Å². The third kappa shape index (κ3) is 4.92. The Morgan fingerprint density at radius 1 is 1.21 bits per heavy atom. The van der Waals surface area contributed by atoms with Crippen LogP contribution in [0.1, 0.15) is 23.2 Å². The molecule has 2 N–H and O–H groups in total. The zero-order valence-corrected chi connectivity index (χ0v) is 16.4. The number of methoxy groups -OCH3 is 1. The first-order valence-electron chi connectivity index (χ1n) is 9.72. The van der Waals surface area contributed by atoms with Crippen molar-refractivity contribution < 1.29 is 23.9 Å². The lowest BCUT2D eigenvalue weighted by Gasteiger charge is -2.41. The lowest BCUT2D eigenvalue weighted by molar-refractivity contribution is -0.141. The van der Waals surface area contributed by atoms with Crippen molar-refractivity contribution in [3.63, 3.8) is 0 Å². The van der Waals surface area contributed by atoms with E-state index in [1.54, 1.807) is 24.3 Å². The second-order valence-corrected chi connectivity index (χ2v) is 7.15. The van der Waals surface area contributed by atoms with Crippen molar-refractivity contribution in [3.05, 3.63) is 35.9 Å². The largest absolute Gasteiger partial charge is 0.375 e. The third-order valence-corrected chi connectivity index (χ3v) is 5.19. The van der Waals surface area contributed by atoms with Gasteiger partial charge in [0.15, 0.2) is 0 Å². The summed E-state index contributed by atoms with van der Waals surface area (Å²) in [6, 6.07) is 7.19. The van der Waals surface area contributed by atoms with Crippen molar-refractivity contribution in [2.45, 2.75) is 24.9 Å². The summed E-state index contributed by atoms with van der Waals surface area (Å²) in [5.41, 5.74) is 0.470. The lowest BCUT2D eigenvalue weighted by Crippen LogP contribution is -2.63. The molecule has 2 saturated heterocycles. The van der Waals surface area contributed by atoms with Crippen molar-refractivity contribution in [2.24, 2.45) is 0 Å². The van der Waals surface area contributed by atoms with Crippen LogP contribution in [0.3, 0.4) is 0 Å². The van der Waals surface area contributed by atoms with E-state index in [4.69, 9.17) is 4.74 Å². The molecule has 9 heteroatoms. The van der Waals surface area contributed by atoms with Crippen molar-refractivity contribution in [1.29, 1.82) is 0 Å². The topological polar surface area (TPSA) is 108 Å². The minimum Gasteiger partial charge on any atom is -0.375 e. The number of nitrogens with zero attached hydrogens (tertiary/aromatic N) is 2. The third-order valence-electron chi connectivity index (χ3n) is 5.19. The monoisotopic (exact) mass is 402 g/mol. The molecule has 2 unspecified atom stereocenters. The number of hydrogen-bond acceptors (Lipinski definition) is 5. The Morgan fingerprint density at radius 3 is 2.66 bits per heavy atom. The SMILES string of the molecule is COCC(=O)N1CCN(C(=O)c2ccccc2)C(C(=O)NC2CCCNC2=O)C1. The number of benzene rings is 1. The molecular weight excluding hydrogens is 376 g/mol. The van der Waals surface area contributed by atoms with Crippen molar-refractivity contribution in [3.8, 4) is 0 Å². The average Bonchev–Trinajstić information content (AvgIpc) is 2.75. The molecule has 0 aliphatic carbocycles. The van der Waals surface area contributed by atoms with Gasteiger partial charge in [0.25, 0.3) is 5.91 Å². The highest BCUT2D eigenvalue weighted by Crippen LogP contribution is 2.16.